The largest absolute Gasteiger partial charge is 0.367 e. The molecule has 108 valence electrons. The Morgan fingerprint density at radius 3 is 2.84 bits per heavy atom. The molecule has 2 rings (SSSR count). The molecular formula is C13H24N4O2. The third-order valence-electron chi connectivity index (χ3n) is 3.54. The van der Waals surface area contributed by atoms with E-state index >= 15 is 0 Å². The summed E-state index contributed by atoms with van der Waals surface area (Å²) >= 11 is 0. The lowest BCUT2D eigenvalue weighted by molar-refractivity contribution is -0.0334. The van der Waals surface area contributed by atoms with Gasteiger partial charge in [-0.3, -0.25) is 4.90 Å². The van der Waals surface area contributed by atoms with Crippen molar-refractivity contribution in [3.63, 3.8) is 0 Å². The zero-order chi connectivity index (χ0) is 14.0. The van der Waals surface area contributed by atoms with Crippen molar-refractivity contribution < 1.29 is 9.26 Å². The van der Waals surface area contributed by atoms with Gasteiger partial charge in [0.05, 0.1) is 12.6 Å². The first kappa shape index (κ1) is 14.4. The highest BCUT2D eigenvalue weighted by molar-refractivity contribution is 4.99. The van der Waals surface area contributed by atoms with Crippen LogP contribution in [0.3, 0.4) is 0 Å². The van der Waals surface area contributed by atoms with Crippen molar-refractivity contribution in [1.29, 1.82) is 0 Å². The Hall–Kier alpha value is -0.980. The molecule has 1 aromatic rings. The van der Waals surface area contributed by atoms with Crippen LogP contribution in [-0.2, 0) is 4.74 Å². The maximum Gasteiger partial charge on any atom is 0.244 e. The molecular weight excluding hydrogens is 244 g/mol. The second-order valence-electron chi connectivity index (χ2n) is 6.09. The van der Waals surface area contributed by atoms with Gasteiger partial charge in [-0.1, -0.05) is 32.9 Å². The van der Waals surface area contributed by atoms with Crippen molar-refractivity contribution in [3.05, 3.63) is 11.7 Å². The highest BCUT2D eigenvalue weighted by Gasteiger charge is 2.30. The summed E-state index contributed by atoms with van der Waals surface area (Å²) in [7, 11) is 0. The van der Waals surface area contributed by atoms with Gasteiger partial charge in [-0.25, -0.2) is 0 Å². The van der Waals surface area contributed by atoms with Crippen LogP contribution in [0.2, 0.25) is 0 Å². The van der Waals surface area contributed by atoms with Crippen molar-refractivity contribution >= 4 is 0 Å². The Labute approximate surface area is 114 Å². The summed E-state index contributed by atoms with van der Waals surface area (Å²) in [5.74, 6) is 1.09. The number of hydrogen-bond acceptors (Lipinski definition) is 6. The van der Waals surface area contributed by atoms with Crippen molar-refractivity contribution in [3.8, 4) is 0 Å². The van der Waals surface area contributed by atoms with E-state index in [0.29, 0.717) is 18.3 Å². The van der Waals surface area contributed by atoms with Gasteiger partial charge in [0.2, 0.25) is 11.7 Å². The minimum atomic E-state index is -0.264. The molecule has 0 amide bonds. The number of hydrogen-bond donors (Lipinski definition) is 1. The van der Waals surface area contributed by atoms with E-state index in [1.54, 1.807) is 0 Å². The first-order chi connectivity index (χ1) is 8.91. The maximum absolute atomic E-state index is 6.12. The molecule has 1 aliphatic rings. The highest BCUT2D eigenvalue weighted by Crippen LogP contribution is 2.30. The van der Waals surface area contributed by atoms with Gasteiger partial charge in [0.25, 0.3) is 0 Å². The van der Waals surface area contributed by atoms with E-state index in [4.69, 9.17) is 15.0 Å². The molecule has 1 unspecified atom stereocenters. The summed E-state index contributed by atoms with van der Waals surface area (Å²) in [5.41, 5.74) is 6.02. The van der Waals surface area contributed by atoms with Gasteiger partial charge in [-0.05, 0) is 12.0 Å². The van der Waals surface area contributed by atoms with Gasteiger partial charge >= 0.3 is 0 Å². The normalized spacial score (nSPS) is 23.5. The van der Waals surface area contributed by atoms with Gasteiger partial charge in [0, 0.05) is 13.1 Å². The molecule has 6 heteroatoms. The van der Waals surface area contributed by atoms with Crippen molar-refractivity contribution in [1.82, 2.24) is 15.0 Å². The predicted molar refractivity (Wildman–Crippen MR) is 71.5 cm³/mol. The quantitative estimate of drug-likeness (QED) is 0.895. The number of ether oxygens (including phenoxy) is 1. The molecule has 0 saturated carbocycles. The molecule has 0 bridgehead atoms. The first-order valence-electron chi connectivity index (χ1n) is 6.85. The van der Waals surface area contributed by atoms with Gasteiger partial charge in [0.15, 0.2) is 0 Å². The third kappa shape index (κ3) is 3.32. The molecule has 0 aromatic carbocycles. The molecule has 2 N–H and O–H groups in total. The topological polar surface area (TPSA) is 77.4 Å². The smallest absolute Gasteiger partial charge is 0.244 e. The summed E-state index contributed by atoms with van der Waals surface area (Å²) in [6, 6.07) is -0.264. The number of morpholine rings is 1. The van der Waals surface area contributed by atoms with Gasteiger partial charge in [0.1, 0.15) is 6.10 Å². The van der Waals surface area contributed by atoms with Crippen LogP contribution in [0.4, 0.5) is 0 Å². The van der Waals surface area contributed by atoms with E-state index < -0.39 is 0 Å². The van der Waals surface area contributed by atoms with Crippen molar-refractivity contribution in [2.45, 2.75) is 39.8 Å². The van der Waals surface area contributed by atoms with Crippen molar-refractivity contribution in [2.24, 2.45) is 11.1 Å². The standard InChI is InChI=1S/C13H24N4O2/c1-5-17-6-7-18-9(8-17)11-15-12(19-16-11)10(14)13(2,3)4/h9-10H,5-8,14H2,1-4H3/t9?,10-/m1/s1. The van der Waals surface area contributed by atoms with Crippen LogP contribution < -0.4 is 5.73 Å². The summed E-state index contributed by atoms with van der Waals surface area (Å²) < 4.78 is 11.0. The second kappa shape index (κ2) is 5.56. The fraction of sp³-hybridized carbons (Fsp3) is 0.846. The summed E-state index contributed by atoms with van der Waals surface area (Å²) in [6.07, 6.45) is -0.113. The van der Waals surface area contributed by atoms with Gasteiger partial charge in [-0.15, -0.1) is 0 Å². The zero-order valence-electron chi connectivity index (χ0n) is 12.2. The number of aromatic nitrogens is 2. The number of rotatable bonds is 3. The molecule has 1 fully saturated rings. The number of nitrogens with zero attached hydrogens (tertiary/aromatic N) is 3. The van der Waals surface area contributed by atoms with Crippen LogP contribution >= 0.6 is 0 Å². The van der Waals surface area contributed by atoms with Crippen LogP contribution in [-0.4, -0.2) is 41.3 Å². The Balaban J connectivity index is 2.08. The molecule has 6 nitrogen and oxygen atoms in total. The molecule has 2 atom stereocenters. The summed E-state index contributed by atoms with van der Waals surface area (Å²) in [6.45, 7) is 11.8. The van der Waals surface area contributed by atoms with Crippen LogP contribution in [0.25, 0.3) is 0 Å². The fourth-order valence-electron chi connectivity index (χ4n) is 2.02. The number of likely N-dealkylation sites (N-methyl/N-ethyl adjacent to an activating group) is 1. The van der Waals surface area contributed by atoms with Crippen LogP contribution in [0.5, 0.6) is 0 Å². The third-order valence-corrected chi connectivity index (χ3v) is 3.54. The molecule has 1 aromatic heterocycles. The highest BCUT2D eigenvalue weighted by atomic mass is 16.5. The van der Waals surface area contributed by atoms with Crippen LogP contribution in [0.15, 0.2) is 4.52 Å². The Bertz CT molecular complexity index is 413. The first-order valence-corrected chi connectivity index (χ1v) is 6.85. The summed E-state index contributed by atoms with van der Waals surface area (Å²) in [4.78, 5) is 6.73. The summed E-state index contributed by atoms with van der Waals surface area (Å²) in [5, 5.41) is 4.03. The lowest BCUT2D eigenvalue weighted by Crippen LogP contribution is -2.38. The maximum atomic E-state index is 6.12. The average molecular weight is 268 g/mol. The molecule has 0 spiro atoms. The monoisotopic (exact) mass is 268 g/mol. The fourth-order valence-corrected chi connectivity index (χ4v) is 2.02. The molecule has 19 heavy (non-hydrogen) atoms. The Morgan fingerprint density at radius 2 is 2.21 bits per heavy atom. The zero-order valence-corrected chi connectivity index (χ0v) is 12.2. The molecule has 1 aliphatic heterocycles. The van der Waals surface area contributed by atoms with Crippen molar-refractivity contribution in [2.75, 3.05) is 26.2 Å². The van der Waals surface area contributed by atoms with E-state index in [2.05, 4.69) is 42.7 Å². The van der Waals surface area contributed by atoms with Crippen LogP contribution in [0, 0.1) is 5.41 Å². The van der Waals surface area contributed by atoms with E-state index in [0.717, 1.165) is 19.6 Å². The Kier molecular flexibility index (Phi) is 4.23. The molecule has 0 radical (unpaired) electrons. The lowest BCUT2D eigenvalue weighted by Gasteiger charge is -2.30. The SMILES string of the molecule is CCN1CCOC(c2noc([C@@H](N)C(C)(C)C)n2)C1. The van der Waals surface area contributed by atoms with E-state index in [9.17, 15) is 0 Å². The van der Waals surface area contributed by atoms with Gasteiger partial charge in [-0.2, -0.15) is 4.98 Å². The van der Waals surface area contributed by atoms with Gasteiger partial charge < -0.3 is 15.0 Å². The predicted octanol–water partition coefficient (Wildman–Crippen LogP) is 1.51. The molecule has 0 aliphatic carbocycles. The van der Waals surface area contributed by atoms with Crippen LogP contribution in [0.1, 0.15) is 51.6 Å². The molecule has 2 heterocycles. The lowest BCUT2D eigenvalue weighted by atomic mass is 9.87. The second-order valence-corrected chi connectivity index (χ2v) is 6.09. The van der Waals surface area contributed by atoms with E-state index in [1.165, 1.54) is 0 Å². The van der Waals surface area contributed by atoms with E-state index in [-0.39, 0.29) is 17.6 Å². The minimum Gasteiger partial charge on any atom is -0.367 e. The van der Waals surface area contributed by atoms with E-state index in [1.807, 2.05) is 0 Å². The Morgan fingerprint density at radius 1 is 1.47 bits per heavy atom. The average Bonchev–Trinajstić information content (AvgIpc) is 2.86. The number of nitrogens with two attached hydrogens (primary N) is 1. The minimum absolute atomic E-state index is 0.104. The molecule has 1 saturated heterocycles.